The largest absolute Gasteiger partial charge is 0.484 e. The van der Waals surface area contributed by atoms with Crippen molar-refractivity contribution >= 4 is 11.6 Å². The summed E-state index contributed by atoms with van der Waals surface area (Å²) in [6.45, 7) is 2.21. The Hall–Kier alpha value is -1.75. The molecular formula is C13H18N2O3. The molecule has 5 heteroatoms. The van der Waals surface area contributed by atoms with Crippen LogP contribution in [0.15, 0.2) is 24.3 Å². The van der Waals surface area contributed by atoms with Crippen molar-refractivity contribution in [1.29, 1.82) is 0 Å². The number of rotatable bonds is 5. The molecule has 0 saturated carbocycles. The Balaban J connectivity index is 1.66. The number of nitrogen functional groups attached to an aromatic ring is 1. The van der Waals surface area contributed by atoms with Gasteiger partial charge in [0.15, 0.2) is 6.61 Å². The van der Waals surface area contributed by atoms with Crippen molar-refractivity contribution in [2.45, 2.75) is 6.42 Å². The van der Waals surface area contributed by atoms with Gasteiger partial charge in [-0.05, 0) is 30.7 Å². The molecular weight excluding hydrogens is 232 g/mol. The molecule has 1 saturated heterocycles. The molecule has 18 heavy (non-hydrogen) atoms. The summed E-state index contributed by atoms with van der Waals surface area (Å²) in [6.07, 6.45) is 1.01. The van der Waals surface area contributed by atoms with Crippen LogP contribution in [-0.4, -0.2) is 32.3 Å². The summed E-state index contributed by atoms with van der Waals surface area (Å²) in [7, 11) is 0. The van der Waals surface area contributed by atoms with E-state index in [1.807, 2.05) is 0 Å². The molecule has 2 rings (SSSR count). The summed E-state index contributed by atoms with van der Waals surface area (Å²) in [5.74, 6) is 0.966. The summed E-state index contributed by atoms with van der Waals surface area (Å²) in [6, 6.07) is 6.97. The summed E-state index contributed by atoms with van der Waals surface area (Å²) in [5, 5.41) is 2.84. The van der Waals surface area contributed by atoms with Gasteiger partial charge in [-0.25, -0.2) is 0 Å². The van der Waals surface area contributed by atoms with Crippen molar-refractivity contribution in [3.63, 3.8) is 0 Å². The van der Waals surface area contributed by atoms with E-state index in [0.717, 1.165) is 19.6 Å². The third-order valence-corrected chi connectivity index (χ3v) is 2.86. The van der Waals surface area contributed by atoms with Gasteiger partial charge in [0.25, 0.3) is 5.91 Å². The minimum Gasteiger partial charge on any atom is -0.484 e. The van der Waals surface area contributed by atoms with Crippen LogP contribution in [0.3, 0.4) is 0 Å². The predicted octanol–water partition coefficient (Wildman–Crippen LogP) is 0.800. The second-order valence-corrected chi connectivity index (χ2v) is 4.39. The van der Waals surface area contributed by atoms with Crippen LogP contribution in [0.5, 0.6) is 5.75 Å². The van der Waals surface area contributed by atoms with E-state index in [1.165, 1.54) is 0 Å². The number of nitrogens with one attached hydrogen (secondary N) is 1. The molecule has 1 aromatic rings. The van der Waals surface area contributed by atoms with Gasteiger partial charge in [0.05, 0.1) is 6.61 Å². The fourth-order valence-electron chi connectivity index (χ4n) is 1.77. The van der Waals surface area contributed by atoms with Crippen molar-refractivity contribution in [2.24, 2.45) is 5.92 Å². The number of hydrogen-bond acceptors (Lipinski definition) is 4. The van der Waals surface area contributed by atoms with Crippen molar-refractivity contribution in [3.05, 3.63) is 24.3 Å². The monoisotopic (exact) mass is 250 g/mol. The summed E-state index contributed by atoms with van der Waals surface area (Å²) in [4.78, 5) is 11.5. The molecule has 1 atom stereocenters. The number of benzene rings is 1. The fraction of sp³-hybridized carbons (Fsp3) is 0.462. The molecule has 1 unspecified atom stereocenters. The van der Waals surface area contributed by atoms with Crippen LogP contribution in [0, 0.1) is 5.92 Å². The maximum atomic E-state index is 11.5. The van der Waals surface area contributed by atoms with Gasteiger partial charge in [0.1, 0.15) is 5.75 Å². The molecule has 0 spiro atoms. The van der Waals surface area contributed by atoms with Crippen molar-refractivity contribution in [2.75, 3.05) is 32.1 Å². The normalized spacial score (nSPS) is 18.6. The van der Waals surface area contributed by atoms with Crippen LogP contribution >= 0.6 is 0 Å². The molecule has 1 aliphatic heterocycles. The zero-order valence-corrected chi connectivity index (χ0v) is 10.2. The molecule has 0 radical (unpaired) electrons. The fourth-order valence-corrected chi connectivity index (χ4v) is 1.77. The standard InChI is InChI=1S/C13H18N2O3/c14-11-1-3-12(4-2-11)18-9-13(16)15-7-10-5-6-17-8-10/h1-4,10H,5-9,14H2,(H,15,16). The first-order valence-corrected chi connectivity index (χ1v) is 6.07. The Morgan fingerprint density at radius 2 is 2.22 bits per heavy atom. The Morgan fingerprint density at radius 1 is 1.44 bits per heavy atom. The lowest BCUT2D eigenvalue weighted by Crippen LogP contribution is -2.33. The van der Waals surface area contributed by atoms with Gasteiger partial charge in [-0.2, -0.15) is 0 Å². The number of hydrogen-bond donors (Lipinski definition) is 2. The molecule has 98 valence electrons. The van der Waals surface area contributed by atoms with Crippen molar-refractivity contribution < 1.29 is 14.3 Å². The van der Waals surface area contributed by atoms with E-state index in [2.05, 4.69) is 5.32 Å². The molecule has 3 N–H and O–H groups in total. The molecule has 1 aliphatic rings. The lowest BCUT2D eigenvalue weighted by atomic mass is 10.1. The predicted molar refractivity (Wildman–Crippen MR) is 68.3 cm³/mol. The summed E-state index contributed by atoms with van der Waals surface area (Å²) in [5.41, 5.74) is 6.23. The number of nitrogens with two attached hydrogens (primary N) is 1. The van der Waals surface area contributed by atoms with Gasteiger partial charge >= 0.3 is 0 Å². The second-order valence-electron chi connectivity index (χ2n) is 4.39. The van der Waals surface area contributed by atoms with Gasteiger partial charge in [-0.15, -0.1) is 0 Å². The number of amides is 1. The maximum absolute atomic E-state index is 11.5. The molecule has 1 amide bonds. The molecule has 0 bridgehead atoms. The lowest BCUT2D eigenvalue weighted by molar-refractivity contribution is -0.123. The quantitative estimate of drug-likeness (QED) is 0.758. The van der Waals surface area contributed by atoms with Crippen LogP contribution in [0.1, 0.15) is 6.42 Å². The van der Waals surface area contributed by atoms with E-state index in [4.69, 9.17) is 15.2 Å². The molecule has 1 aromatic carbocycles. The number of carbonyl (C=O) groups excluding carboxylic acids is 1. The number of anilines is 1. The van der Waals surface area contributed by atoms with Gasteiger partial charge in [-0.1, -0.05) is 0 Å². The Morgan fingerprint density at radius 3 is 2.89 bits per heavy atom. The van der Waals surface area contributed by atoms with E-state index in [0.29, 0.717) is 23.9 Å². The Labute approximate surface area is 106 Å². The van der Waals surface area contributed by atoms with Crippen LogP contribution < -0.4 is 15.8 Å². The SMILES string of the molecule is Nc1ccc(OCC(=O)NCC2CCOC2)cc1. The third-order valence-electron chi connectivity index (χ3n) is 2.86. The highest BCUT2D eigenvalue weighted by Gasteiger charge is 2.16. The highest BCUT2D eigenvalue weighted by Crippen LogP contribution is 2.13. The topological polar surface area (TPSA) is 73.6 Å². The van der Waals surface area contributed by atoms with Crippen LogP contribution in [0.2, 0.25) is 0 Å². The minimum atomic E-state index is -0.112. The van der Waals surface area contributed by atoms with Crippen molar-refractivity contribution in [3.8, 4) is 5.75 Å². The zero-order valence-electron chi connectivity index (χ0n) is 10.2. The molecule has 1 fully saturated rings. The minimum absolute atomic E-state index is 0.0253. The molecule has 1 heterocycles. The average Bonchev–Trinajstić information content (AvgIpc) is 2.89. The second kappa shape index (κ2) is 6.26. The van der Waals surface area contributed by atoms with Crippen LogP contribution in [-0.2, 0) is 9.53 Å². The third kappa shape index (κ3) is 3.92. The van der Waals surface area contributed by atoms with Gasteiger partial charge in [0, 0.05) is 24.8 Å². The summed E-state index contributed by atoms with van der Waals surface area (Å²) >= 11 is 0. The highest BCUT2D eigenvalue weighted by molar-refractivity contribution is 5.77. The molecule has 0 aromatic heterocycles. The van der Waals surface area contributed by atoms with Crippen LogP contribution in [0.25, 0.3) is 0 Å². The van der Waals surface area contributed by atoms with E-state index in [1.54, 1.807) is 24.3 Å². The first-order chi connectivity index (χ1) is 8.74. The Bertz CT molecular complexity index is 386. The Kier molecular flexibility index (Phi) is 4.41. The lowest BCUT2D eigenvalue weighted by Gasteiger charge is -2.10. The zero-order chi connectivity index (χ0) is 12.8. The van der Waals surface area contributed by atoms with Crippen LogP contribution in [0.4, 0.5) is 5.69 Å². The maximum Gasteiger partial charge on any atom is 0.257 e. The summed E-state index contributed by atoms with van der Waals surface area (Å²) < 4.78 is 10.6. The first kappa shape index (κ1) is 12.7. The highest BCUT2D eigenvalue weighted by atomic mass is 16.5. The van der Waals surface area contributed by atoms with E-state index in [9.17, 15) is 4.79 Å². The van der Waals surface area contributed by atoms with Crippen molar-refractivity contribution in [1.82, 2.24) is 5.32 Å². The molecule has 5 nitrogen and oxygen atoms in total. The van der Waals surface area contributed by atoms with Gasteiger partial charge < -0.3 is 20.5 Å². The van der Waals surface area contributed by atoms with Gasteiger partial charge in [-0.3, -0.25) is 4.79 Å². The van der Waals surface area contributed by atoms with Gasteiger partial charge in [0.2, 0.25) is 0 Å². The van der Waals surface area contributed by atoms with E-state index < -0.39 is 0 Å². The average molecular weight is 250 g/mol. The number of ether oxygens (including phenoxy) is 2. The number of carbonyl (C=O) groups is 1. The smallest absolute Gasteiger partial charge is 0.257 e. The molecule has 0 aliphatic carbocycles. The van der Waals surface area contributed by atoms with E-state index in [-0.39, 0.29) is 12.5 Å². The first-order valence-electron chi connectivity index (χ1n) is 6.07. The van der Waals surface area contributed by atoms with E-state index >= 15 is 0 Å².